The van der Waals surface area contributed by atoms with Gasteiger partial charge in [0.2, 0.25) is 0 Å². The number of benzene rings is 1. The first-order valence-corrected chi connectivity index (χ1v) is 4.99. The Labute approximate surface area is 91.0 Å². The lowest BCUT2D eigenvalue weighted by molar-refractivity contribution is -0.300. The van der Waals surface area contributed by atoms with Gasteiger partial charge in [-0.1, -0.05) is 15.9 Å². The van der Waals surface area contributed by atoms with Crippen LogP contribution in [0.1, 0.15) is 6.42 Å². The molecule has 0 aromatic heterocycles. The van der Waals surface area contributed by atoms with Gasteiger partial charge in [0.15, 0.2) is 0 Å². The van der Waals surface area contributed by atoms with Crippen LogP contribution in [-0.2, 0) is 9.88 Å². The van der Waals surface area contributed by atoms with Crippen molar-refractivity contribution in [1.29, 1.82) is 0 Å². The van der Waals surface area contributed by atoms with Crippen LogP contribution in [0.5, 0.6) is 5.75 Å². The van der Waals surface area contributed by atoms with Crippen molar-refractivity contribution >= 4 is 15.9 Å². The van der Waals surface area contributed by atoms with Crippen molar-refractivity contribution in [2.75, 3.05) is 13.2 Å². The lowest BCUT2D eigenvalue weighted by Gasteiger charge is -2.05. The quantitative estimate of drug-likeness (QED) is 0.484. The standard InChI is InChI=1S/C9H12BrNO3/c10-8-2-4-9(5-3-8)12-6-1-7-13-14-11/h2-5H,1,6-7,11H2. The summed E-state index contributed by atoms with van der Waals surface area (Å²) >= 11 is 3.34. The largest absolute Gasteiger partial charge is 0.494 e. The molecule has 0 aliphatic rings. The van der Waals surface area contributed by atoms with Gasteiger partial charge >= 0.3 is 0 Å². The van der Waals surface area contributed by atoms with E-state index in [1.165, 1.54) is 0 Å². The van der Waals surface area contributed by atoms with E-state index in [1.54, 1.807) is 0 Å². The Bertz CT molecular complexity index is 253. The topological polar surface area (TPSA) is 53.7 Å². The Hall–Kier alpha value is -0.620. The molecule has 0 radical (unpaired) electrons. The maximum absolute atomic E-state index is 5.41. The average Bonchev–Trinajstić information content (AvgIpc) is 2.21. The van der Waals surface area contributed by atoms with E-state index >= 15 is 0 Å². The molecule has 0 fully saturated rings. The van der Waals surface area contributed by atoms with Gasteiger partial charge in [-0.25, -0.2) is 4.89 Å². The van der Waals surface area contributed by atoms with Gasteiger partial charge in [0.05, 0.1) is 13.2 Å². The summed E-state index contributed by atoms with van der Waals surface area (Å²) in [6.45, 7) is 0.998. The zero-order chi connectivity index (χ0) is 10.2. The molecule has 78 valence electrons. The first kappa shape index (κ1) is 11.5. The molecule has 0 unspecified atom stereocenters. The summed E-state index contributed by atoms with van der Waals surface area (Å²) in [5.41, 5.74) is 0. The summed E-state index contributed by atoms with van der Waals surface area (Å²) in [7, 11) is 0. The van der Waals surface area contributed by atoms with Crippen LogP contribution in [0.4, 0.5) is 0 Å². The molecular formula is C9H12BrNO3. The minimum atomic E-state index is 0.424. The molecule has 4 nitrogen and oxygen atoms in total. The monoisotopic (exact) mass is 261 g/mol. The highest BCUT2D eigenvalue weighted by Gasteiger charge is 1.93. The lowest BCUT2D eigenvalue weighted by Crippen LogP contribution is -2.06. The van der Waals surface area contributed by atoms with Crippen LogP contribution in [0.15, 0.2) is 28.7 Å². The lowest BCUT2D eigenvalue weighted by atomic mass is 10.3. The Morgan fingerprint density at radius 1 is 1.14 bits per heavy atom. The third-order valence-electron chi connectivity index (χ3n) is 1.52. The van der Waals surface area contributed by atoms with Crippen molar-refractivity contribution in [2.45, 2.75) is 6.42 Å². The summed E-state index contributed by atoms with van der Waals surface area (Å²) in [6.07, 6.45) is 0.729. The van der Waals surface area contributed by atoms with Crippen LogP contribution in [0.25, 0.3) is 0 Å². The van der Waals surface area contributed by atoms with Crippen molar-refractivity contribution in [1.82, 2.24) is 0 Å². The fraction of sp³-hybridized carbons (Fsp3) is 0.333. The van der Waals surface area contributed by atoms with Crippen molar-refractivity contribution in [3.8, 4) is 5.75 Å². The third kappa shape index (κ3) is 4.57. The molecule has 0 aliphatic carbocycles. The highest BCUT2D eigenvalue weighted by atomic mass is 79.9. The molecule has 0 bridgehead atoms. The second-order valence-corrected chi connectivity index (χ2v) is 3.49. The van der Waals surface area contributed by atoms with E-state index in [0.29, 0.717) is 13.2 Å². The molecule has 0 amide bonds. The van der Waals surface area contributed by atoms with Crippen molar-refractivity contribution in [2.24, 2.45) is 5.90 Å². The van der Waals surface area contributed by atoms with Gasteiger partial charge in [-0.2, -0.15) is 5.90 Å². The van der Waals surface area contributed by atoms with E-state index in [1.807, 2.05) is 24.3 Å². The van der Waals surface area contributed by atoms with Crippen LogP contribution in [-0.4, -0.2) is 13.2 Å². The predicted octanol–water partition coefficient (Wildman–Crippen LogP) is 2.04. The van der Waals surface area contributed by atoms with E-state index < -0.39 is 0 Å². The van der Waals surface area contributed by atoms with Crippen molar-refractivity contribution in [3.05, 3.63) is 28.7 Å². The second-order valence-electron chi connectivity index (χ2n) is 2.57. The maximum Gasteiger partial charge on any atom is 0.119 e. The number of rotatable bonds is 6. The Kier molecular flexibility index (Phi) is 5.55. The summed E-state index contributed by atoms with van der Waals surface area (Å²) in [6, 6.07) is 7.64. The van der Waals surface area contributed by atoms with Crippen LogP contribution < -0.4 is 10.6 Å². The molecule has 1 rings (SSSR count). The molecular weight excluding hydrogens is 250 g/mol. The average molecular weight is 262 g/mol. The van der Waals surface area contributed by atoms with Gasteiger partial charge in [0.1, 0.15) is 5.75 Å². The Balaban J connectivity index is 2.15. The van der Waals surface area contributed by atoms with Gasteiger partial charge in [0, 0.05) is 10.9 Å². The van der Waals surface area contributed by atoms with Gasteiger partial charge in [0.25, 0.3) is 0 Å². The summed E-state index contributed by atoms with van der Waals surface area (Å²) in [5, 5.41) is 0. The molecule has 1 aromatic carbocycles. The Morgan fingerprint density at radius 2 is 1.86 bits per heavy atom. The minimum absolute atomic E-state index is 0.424. The highest BCUT2D eigenvalue weighted by molar-refractivity contribution is 9.10. The van der Waals surface area contributed by atoms with E-state index in [9.17, 15) is 0 Å². The van der Waals surface area contributed by atoms with E-state index in [2.05, 4.69) is 31.7 Å². The fourth-order valence-electron chi connectivity index (χ4n) is 0.887. The SMILES string of the molecule is NOOCCCOc1ccc(Br)cc1. The normalized spacial score (nSPS) is 10.1. The predicted molar refractivity (Wildman–Crippen MR) is 55.5 cm³/mol. The number of ether oxygens (including phenoxy) is 1. The fourth-order valence-corrected chi connectivity index (χ4v) is 1.15. The molecule has 0 aliphatic heterocycles. The molecule has 0 saturated heterocycles. The van der Waals surface area contributed by atoms with Gasteiger partial charge in [-0.15, -0.1) is 4.99 Å². The van der Waals surface area contributed by atoms with Crippen LogP contribution in [0.2, 0.25) is 0 Å². The molecule has 0 saturated carbocycles. The first-order valence-electron chi connectivity index (χ1n) is 4.19. The molecule has 1 aromatic rings. The number of halogens is 1. The van der Waals surface area contributed by atoms with E-state index in [0.717, 1.165) is 16.6 Å². The Morgan fingerprint density at radius 3 is 2.50 bits per heavy atom. The van der Waals surface area contributed by atoms with Gasteiger partial charge in [-0.3, -0.25) is 0 Å². The number of hydrogen-bond donors (Lipinski definition) is 1. The van der Waals surface area contributed by atoms with E-state index in [4.69, 9.17) is 4.74 Å². The van der Waals surface area contributed by atoms with Gasteiger partial charge in [-0.05, 0) is 24.3 Å². The van der Waals surface area contributed by atoms with Gasteiger partial charge < -0.3 is 4.74 Å². The van der Waals surface area contributed by atoms with Crippen LogP contribution >= 0.6 is 15.9 Å². The second kappa shape index (κ2) is 6.78. The maximum atomic E-state index is 5.41. The summed E-state index contributed by atoms with van der Waals surface area (Å²) in [5.74, 6) is 5.51. The summed E-state index contributed by atoms with van der Waals surface area (Å²) < 4.78 is 6.44. The smallest absolute Gasteiger partial charge is 0.119 e. The highest BCUT2D eigenvalue weighted by Crippen LogP contribution is 2.15. The molecule has 0 atom stereocenters. The third-order valence-corrected chi connectivity index (χ3v) is 2.05. The molecule has 5 heteroatoms. The first-order chi connectivity index (χ1) is 6.83. The van der Waals surface area contributed by atoms with Crippen LogP contribution in [0, 0.1) is 0 Å². The zero-order valence-electron chi connectivity index (χ0n) is 7.61. The van der Waals surface area contributed by atoms with Crippen LogP contribution in [0.3, 0.4) is 0 Å². The van der Waals surface area contributed by atoms with Crippen molar-refractivity contribution < 1.29 is 14.6 Å². The summed E-state index contributed by atoms with van der Waals surface area (Å²) in [4.78, 5) is 8.43. The van der Waals surface area contributed by atoms with E-state index in [-0.39, 0.29) is 0 Å². The molecule has 14 heavy (non-hydrogen) atoms. The van der Waals surface area contributed by atoms with Crippen molar-refractivity contribution in [3.63, 3.8) is 0 Å². The minimum Gasteiger partial charge on any atom is -0.494 e. The molecule has 0 heterocycles. The molecule has 2 N–H and O–H groups in total. The number of nitrogens with two attached hydrogens (primary N) is 1. The number of hydrogen-bond acceptors (Lipinski definition) is 4. The zero-order valence-corrected chi connectivity index (χ0v) is 9.20. The molecule has 0 spiro atoms.